The van der Waals surface area contributed by atoms with Crippen molar-refractivity contribution in [1.29, 1.82) is 0 Å². The minimum Gasteiger partial charge on any atom is -0.309 e. The summed E-state index contributed by atoms with van der Waals surface area (Å²) < 4.78 is 2.42. The molecule has 0 saturated heterocycles. The molecule has 9 rings (SSSR count). The number of aromatic nitrogens is 4. The summed E-state index contributed by atoms with van der Waals surface area (Å²) in [5.41, 5.74) is 12.2. The van der Waals surface area contributed by atoms with Gasteiger partial charge in [0.2, 0.25) is 0 Å². The van der Waals surface area contributed by atoms with Crippen LogP contribution in [0.25, 0.3) is 55.8 Å². The van der Waals surface area contributed by atoms with Crippen LogP contribution in [0.4, 0.5) is 0 Å². The van der Waals surface area contributed by atoms with Gasteiger partial charge in [-0.05, 0) is 61.1 Å². The van der Waals surface area contributed by atoms with Gasteiger partial charge in [-0.1, -0.05) is 114 Å². The van der Waals surface area contributed by atoms with Crippen molar-refractivity contribution in [2.45, 2.75) is 25.7 Å². The van der Waals surface area contributed by atoms with Crippen molar-refractivity contribution in [3.8, 4) is 28.5 Å². The number of hydrogen-bond donors (Lipinski definition) is 0. The van der Waals surface area contributed by atoms with Gasteiger partial charge in [-0.2, -0.15) is 0 Å². The molecule has 2 aliphatic rings. The van der Waals surface area contributed by atoms with Crippen molar-refractivity contribution in [2.75, 3.05) is 0 Å². The highest BCUT2D eigenvalue weighted by molar-refractivity contribution is 6.92. The molecule has 0 bridgehead atoms. The van der Waals surface area contributed by atoms with Crippen LogP contribution in [0.2, 0.25) is 0 Å². The first-order valence-corrected chi connectivity index (χ1v) is 15.5. The van der Waals surface area contributed by atoms with Gasteiger partial charge in [0.15, 0.2) is 11.6 Å². The molecular weight excluding hydrogens is 535 g/mol. The molecule has 2 aromatic heterocycles. The molecule has 0 fully saturated rings. The van der Waals surface area contributed by atoms with Crippen LogP contribution < -0.4 is 11.2 Å². The molecule has 1 aliphatic carbocycles. The van der Waals surface area contributed by atoms with Crippen LogP contribution in [0.3, 0.4) is 0 Å². The van der Waals surface area contributed by atoms with E-state index in [1.165, 1.54) is 62.4 Å². The fourth-order valence-corrected chi connectivity index (χ4v) is 7.38. The molecule has 3 heterocycles. The second-order valence-electron chi connectivity index (χ2n) is 11.9. The fraction of sp³-hybridized carbons (Fsp3) is 0.103. The van der Waals surface area contributed by atoms with E-state index in [1.807, 2.05) is 36.4 Å². The first-order chi connectivity index (χ1) is 21.8. The first-order valence-electron chi connectivity index (χ1n) is 15.5. The molecule has 0 radical (unpaired) electrons. The lowest BCUT2D eigenvalue weighted by Crippen LogP contribution is -2.46. The summed E-state index contributed by atoms with van der Waals surface area (Å²) in [4.78, 5) is 15.5. The van der Waals surface area contributed by atoms with Crippen molar-refractivity contribution in [3.63, 3.8) is 0 Å². The normalized spacial score (nSPS) is 14.3. The Kier molecular flexibility index (Phi) is 5.83. The van der Waals surface area contributed by atoms with E-state index in [1.54, 1.807) is 0 Å². The third-order valence-corrected chi connectivity index (χ3v) is 9.33. The van der Waals surface area contributed by atoms with E-state index in [0.29, 0.717) is 0 Å². The van der Waals surface area contributed by atoms with Crippen LogP contribution in [-0.2, 0) is 0 Å². The lowest BCUT2D eigenvalue weighted by atomic mass is 9.40. The zero-order valence-electron chi connectivity index (χ0n) is 24.3. The Bertz CT molecular complexity index is 2160. The average Bonchev–Trinajstić information content (AvgIpc) is 3.60. The predicted molar refractivity (Wildman–Crippen MR) is 182 cm³/mol. The summed E-state index contributed by atoms with van der Waals surface area (Å²) in [6.45, 7) is 0.0106. The molecule has 7 aromatic rings. The topological polar surface area (TPSA) is 43.6 Å². The zero-order valence-corrected chi connectivity index (χ0v) is 24.3. The van der Waals surface area contributed by atoms with Crippen LogP contribution in [-0.4, -0.2) is 26.2 Å². The molecule has 0 spiro atoms. The van der Waals surface area contributed by atoms with Gasteiger partial charge in [0, 0.05) is 27.6 Å². The fourth-order valence-electron chi connectivity index (χ4n) is 7.38. The maximum Gasteiger partial charge on any atom is 0.287 e. The highest BCUT2D eigenvalue weighted by Crippen LogP contribution is 2.41. The number of fused-ring (bicyclic) bond motifs is 5. The van der Waals surface area contributed by atoms with Gasteiger partial charge in [-0.25, -0.2) is 15.0 Å². The standard InChI is InChI=1S/C39H29BN4/c1-4-14-26(15-5-1)37-41-38(27-16-6-2-7-17-27)43-39(42-37)40-33-22-12-10-20-29(33)31-25-36-32(24-34(31)40)30-21-11-13-23-35(30)44(36)28-18-8-3-9-19-28/h1-9,11,13-19,21,23-25H,10,12,20,22H2. The van der Waals surface area contributed by atoms with Crippen LogP contribution in [0.1, 0.15) is 31.2 Å². The molecule has 44 heavy (non-hydrogen) atoms. The van der Waals surface area contributed by atoms with E-state index in [-0.39, 0.29) is 6.71 Å². The second-order valence-corrected chi connectivity index (χ2v) is 11.9. The Hall–Kier alpha value is -5.29. The number of para-hydroxylation sites is 2. The second kappa shape index (κ2) is 10.2. The number of hydrogen-bond acceptors (Lipinski definition) is 3. The lowest BCUT2D eigenvalue weighted by Gasteiger charge is -2.18. The highest BCUT2D eigenvalue weighted by atomic mass is 15.0. The molecule has 0 saturated carbocycles. The van der Waals surface area contributed by atoms with E-state index < -0.39 is 0 Å². The lowest BCUT2D eigenvalue weighted by molar-refractivity contribution is 0.734. The zero-order chi connectivity index (χ0) is 29.0. The maximum absolute atomic E-state index is 5.23. The molecule has 0 atom stereocenters. The maximum atomic E-state index is 5.23. The van der Waals surface area contributed by atoms with Crippen molar-refractivity contribution in [1.82, 2.24) is 19.5 Å². The Balaban J connectivity index is 1.32. The highest BCUT2D eigenvalue weighted by Gasteiger charge is 2.40. The minimum atomic E-state index is 0.0106. The first kappa shape index (κ1) is 25.2. The molecule has 5 aromatic carbocycles. The molecule has 4 nitrogen and oxygen atoms in total. The monoisotopic (exact) mass is 564 g/mol. The summed E-state index contributed by atoms with van der Waals surface area (Å²) >= 11 is 0. The van der Waals surface area contributed by atoms with Crippen LogP contribution in [0, 0.1) is 0 Å². The van der Waals surface area contributed by atoms with E-state index in [2.05, 4.69) is 95.6 Å². The smallest absolute Gasteiger partial charge is 0.287 e. The third kappa shape index (κ3) is 3.96. The Morgan fingerprint density at radius 3 is 1.86 bits per heavy atom. The van der Waals surface area contributed by atoms with E-state index >= 15 is 0 Å². The van der Waals surface area contributed by atoms with Crippen molar-refractivity contribution in [2.24, 2.45) is 0 Å². The summed E-state index contributed by atoms with van der Waals surface area (Å²) in [5.74, 6) is 1.45. The molecule has 208 valence electrons. The van der Waals surface area contributed by atoms with Crippen LogP contribution in [0.5, 0.6) is 0 Å². The summed E-state index contributed by atoms with van der Waals surface area (Å²) in [6.07, 6.45) is 4.58. The van der Waals surface area contributed by atoms with Gasteiger partial charge in [-0.15, -0.1) is 0 Å². The Morgan fingerprint density at radius 2 is 1.16 bits per heavy atom. The average molecular weight is 565 g/mol. The molecule has 1 aliphatic heterocycles. The van der Waals surface area contributed by atoms with Crippen molar-refractivity contribution < 1.29 is 0 Å². The number of allylic oxidation sites excluding steroid dienone is 2. The molecular formula is C39H29BN4. The van der Waals surface area contributed by atoms with Gasteiger partial charge >= 0.3 is 0 Å². The van der Waals surface area contributed by atoms with Crippen molar-refractivity contribution >= 4 is 45.3 Å². The number of benzene rings is 5. The Labute approximate surface area is 256 Å². The predicted octanol–water partition coefficient (Wildman–Crippen LogP) is 7.79. The summed E-state index contributed by atoms with van der Waals surface area (Å²) in [7, 11) is 0. The largest absolute Gasteiger partial charge is 0.309 e. The quantitative estimate of drug-likeness (QED) is 0.205. The molecule has 0 N–H and O–H groups in total. The van der Waals surface area contributed by atoms with Crippen molar-refractivity contribution in [3.05, 3.63) is 138 Å². The van der Waals surface area contributed by atoms with Gasteiger partial charge in [-0.3, -0.25) is 0 Å². The number of nitrogens with zero attached hydrogens (tertiary/aromatic N) is 4. The van der Waals surface area contributed by atoms with Crippen LogP contribution in [0.15, 0.2) is 133 Å². The van der Waals surface area contributed by atoms with Gasteiger partial charge in [0.05, 0.1) is 11.0 Å². The number of rotatable bonds is 4. The third-order valence-electron chi connectivity index (χ3n) is 9.33. The van der Waals surface area contributed by atoms with Gasteiger partial charge in [0.1, 0.15) is 5.72 Å². The van der Waals surface area contributed by atoms with E-state index in [4.69, 9.17) is 15.0 Å². The van der Waals surface area contributed by atoms with Gasteiger partial charge < -0.3 is 4.57 Å². The Morgan fingerprint density at radius 1 is 0.545 bits per heavy atom. The molecule has 5 heteroatoms. The minimum absolute atomic E-state index is 0.0106. The molecule has 0 amide bonds. The summed E-state index contributed by atoms with van der Waals surface area (Å²) in [6, 6.07) is 45.0. The van der Waals surface area contributed by atoms with Crippen LogP contribution >= 0.6 is 0 Å². The SMILES string of the molecule is c1ccc(-c2nc(B3C4=C(CCCC4)c4cc5c(cc43)c3ccccc3n5-c3ccccc3)nc(-c3ccccc3)n2)cc1. The van der Waals surface area contributed by atoms with Gasteiger partial charge in [0.25, 0.3) is 6.71 Å². The molecule has 0 unspecified atom stereocenters. The van der Waals surface area contributed by atoms with E-state index in [9.17, 15) is 0 Å². The van der Waals surface area contributed by atoms with E-state index in [0.717, 1.165) is 41.3 Å². The summed E-state index contributed by atoms with van der Waals surface area (Å²) in [5, 5.41) is 2.54.